The van der Waals surface area contributed by atoms with Crippen LogP contribution in [0.3, 0.4) is 0 Å². The van der Waals surface area contributed by atoms with E-state index in [1.165, 1.54) is 16.7 Å². The number of nitrogens with zero attached hydrogens (tertiary/aromatic N) is 1. The fourth-order valence-corrected chi connectivity index (χ4v) is 3.99. The number of hydrogen-bond acceptors (Lipinski definition) is 5. The predicted octanol–water partition coefficient (Wildman–Crippen LogP) is 5.15. The molecule has 134 valence electrons. The minimum Gasteiger partial charge on any atom is -0.493 e. The van der Waals surface area contributed by atoms with Gasteiger partial charge in [0.1, 0.15) is 0 Å². The Labute approximate surface area is 166 Å². The van der Waals surface area contributed by atoms with Gasteiger partial charge in [0, 0.05) is 5.02 Å². The Morgan fingerprint density at radius 2 is 2.04 bits per heavy atom. The molecule has 1 heterocycles. The van der Waals surface area contributed by atoms with Gasteiger partial charge in [0.05, 0.1) is 24.3 Å². The summed E-state index contributed by atoms with van der Waals surface area (Å²) in [6.07, 6.45) is 1.80. The molecule has 0 radical (unpaired) electrons. The summed E-state index contributed by atoms with van der Waals surface area (Å²) in [5, 5.41) is 0.553. The topological polar surface area (TPSA) is 38.8 Å². The molecule has 0 spiro atoms. The smallest absolute Gasteiger partial charge is 0.270 e. The maximum absolute atomic E-state index is 12.8. The molecule has 0 bridgehead atoms. The lowest BCUT2D eigenvalue weighted by atomic mass is 10.2. The molecule has 7 heteroatoms. The molecule has 2 aromatic rings. The molecule has 0 aromatic heterocycles. The third-order valence-electron chi connectivity index (χ3n) is 3.65. The van der Waals surface area contributed by atoms with Crippen molar-refractivity contribution in [1.82, 2.24) is 0 Å². The Morgan fingerprint density at radius 1 is 1.23 bits per heavy atom. The SMILES string of the molecule is CCOc1cc(/C=C2\SC(=S)N(c3cccc(Cl)c3)C2=O)ccc1OC. The number of thioether (sulfide) groups is 1. The summed E-state index contributed by atoms with van der Waals surface area (Å²) in [6, 6.07) is 12.6. The zero-order valence-corrected chi connectivity index (χ0v) is 16.6. The second-order valence-corrected chi connectivity index (χ2v) is 7.45. The summed E-state index contributed by atoms with van der Waals surface area (Å²) < 4.78 is 11.3. The fourth-order valence-electron chi connectivity index (χ4n) is 2.51. The van der Waals surface area contributed by atoms with Gasteiger partial charge < -0.3 is 9.47 Å². The van der Waals surface area contributed by atoms with Crippen LogP contribution in [0.25, 0.3) is 6.08 Å². The van der Waals surface area contributed by atoms with Crippen LogP contribution in [0.1, 0.15) is 12.5 Å². The van der Waals surface area contributed by atoms with Crippen LogP contribution >= 0.6 is 35.6 Å². The number of methoxy groups -OCH3 is 1. The molecule has 0 atom stereocenters. The van der Waals surface area contributed by atoms with Gasteiger partial charge in [-0.15, -0.1) is 0 Å². The summed E-state index contributed by atoms with van der Waals surface area (Å²) in [5.74, 6) is 1.11. The maximum Gasteiger partial charge on any atom is 0.270 e. The van der Waals surface area contributed by atoms with Crippen molar-refractivity contribution < 1.29 is 14.3 Å². The van der Waals surface area contributed by atoms with Crippen LogP contribution in [0.4, 0.5) is 5.69 Å². The maximum atomic E-state index is 12.8. The molecule has 0 saturated carbocycles. The van der Waals surface area contributed by atoms with Crippen molar-refractivity contribution >= 4 is 57.6 Å². The lowest BCUT2D eigenvalue weighted by Crippen LogP contribution is -2.27. The number of carbonyl (C=O) groups is 1. The molecule has 1 saturated heterocycles. The van der Waals surface area contributed by atoms with Crippen molar-refractivity contribution in [2.45, 2.75) is 6.92 Å². The highest BCUT2D eigenvalue weighted by Crippen LogP contribution is 2.37. The van der Waals surface area contributed by atoms with Gasteiger partial charge in [-0.1, -0.05) is 47.7 Å². The highest BCUT2D eigenvalue weighted by molar-refractivity contribution is 8.27. The van der Waals surface area contributed by atoms with Crippen LogP contribution in [0.2, 0.25) is 5.02 Å². The van der Waals surface area contributed by atoms with Gasteiger partial charge in [0.15, 0.2) is 15.8 Å². The lowest BCUT2D eigenvalue weighted by Gasteiger charge is -2.14. The number of amides is 1. The molecule has 4 nitrogen and oxygen atoms in total. The Bertz CT molecular complexity index is 898. The van der Waals surface area contributed by atoms with Crippen LogP contribution < -0.4 is 14.4 Å². The predicted molar refractivity (Wildman–Crippen MR) is 111 cm³/mol. The van der Waals surface area contributed by atoms with E-state index in [0.717, 1.165) is 5.56 Å². The van der Waals surface area contributed by atoms with Crippen molar-refractivity contribution in [3.63, 3.8) is 0 Å². The van der Waals surface area contributed by atoms with E-state index >= 15 is 0 Å². The van der Waals surface area contributed by atoms with Crippen LogP contribution in [-0.4, -0.2) is 23.9 Å². The van der Waals surface area contributed by atoms with E-state index in [0.29, 0.717) is 38.0 Å². The quantitative estimate of drug-likeness (QED) is 0.508. The minimum atomic E-state index is -0.170. The molecule has 1 aliphatic heterocycles. The molecule has 26 heavy (non-hydrogen) atoms. The van der Waals surface area contributed by atoms with Gasteiger partial charge in [-0.2, -0.15) is 0 Å². The highest BCUT2D eigenvalue weighted by Gasteiger charge is 2.33. The summed E-state index contributed by atoms with van der Waals surface area (Å²) in [5.41, 5.74) is 1.49. The number of hydrogen-bond donors (Lipinski definition) is 0. The van der Waals surface area contributed by atoms with Crippen LogP contribution in [0.5, 0.6) is 11.5 Å². The van der Waals surface area contributed by atoms with Gasteiger partial charge in [-0.3, -0.25) is 9.69 Å². The van der Waals surface area contributed by atoms with Crippen molar-refractivity contribution in [1.29, 1.82) is 0 Å². The van der Waals surface area contributed by atoms with Gasteiger partial charge in [-0.25, -0.2) is 0 Å². The van der Waals surface area contributed by atoms with E-state index in [4.69, 9.17) is 33.3 Å². The second-order valence-electron chi connectivity index (χ2n) is 5.34. The number of benzene rings is 2. The van der Waals surface area contributed by atoms with E-state index in [1.54, 1.807) is 37.5 Å². The monoisotopic (exact) mass is 405 g/mol. The van der Waals surface area contributed by atoms with Crippen molar-refractivity contribution in [2.24, 2.45) is 0 Å². The largest absolute Gasteiger partial charge is 0.493 e. The average Bonchev–Trinajstić information content (AvgIpc) is 2.89. The standard InChI is InChI=1S/C19H16ClNO3S2/c1-3-24-16-9-12(7-8-15(16)23-2)10-17-18(22)21(19(25)26-17)14-6-4-5-13(20)11-14/h4-11H,3H2,1-2H3/b17-10-. The summed E-state index contributed by atoms with van der Waals surface area (Å²) >= 11 is 12.7. The van der Waals surface area contributed by atoms with Crippen molar-refractivity contribution in [2.75, 3.05) is 18.6 Å². The first-order valence-electron chi connectivity index (χ1n) is 7.88. The van der Waals surface area contributed by atoms with E-state index in [9.17, 15) is 4.79 Å². The van der Waals surface area contributed by atoms with E-state index in [2.05, 4.69) is 0 Å². The van der Waals surface area contributed by atoms with Crippen molar-refractivity contribution in [3.8, 4) is 11.5 Å². The number of anilines is 1. The molecule has 1 fully saturated rings. The number of carbonyl (C=O) groups excluding carboxylic acids is 1. The Kier molecular flexibility index (Phi) is 5.86. The van der Waals surface area contributed by atoms with E-state index < -0.39 is 0 Å². The Balaban J connectivity index is 1.92. The number of rotatable bonds is 5. The summed E-state index contributed by atoms with van der Waals surface area (Å²) in [6.45, 7) is 2.43. The summed E-state index contributed by atoms with van der Waals surface area (Å²) in [4.78, 5) is 14.9. The zero-order chi connectivity index (χ0) is 18.7. The second kappa shape index (κ2) is 8.12. The van der Waals surface area contributed by atoms with Crippen molar-refractivity contribution in [3.05, 3.63) is 58.0 Å². The first-order valence-corrected chi connectivity index (χ1v) is 9.48. The number of ether oxygens (including phenoxy) is 2. The molecular weight excluding hydrogens is 390 g/mol. The zero-order valence-electron chi connectivity index (χ0n) is 14.2. The molecule has 1 aliphatic rings. The van der Waals surface area contributed by atoms with Gasteiger partial charge in [0.2, 0.25) is 0 Å². The molecule has 3 rings (SSSR count). The number of thiocarbonyl (C=S) groups is 1. The molecule has 1 amide bonds. The van der Waals surface area contributed by atoms with E-state index in [-0.39, 0.29) is 5.91 Å². The highest BCUT2D eigenvalue weighted by atomic mass is 35.5. The van der Waals surface area contributed by atoms with Crippen LogP contribution in [0.15, 0.2) is 47.4 Å². The molecule has 0 unspecified atom stereocenters. The first kappa shape index (κ1) is 18.8. The van der Waals surface area contributed by atoms with E-state index in [1.807, 2.05) is 25.1 Å². The van der Waals surface area contributed by atoms with Gasteiger partial charge in [0.25, 0.3) is 5.91 Å². The Hall–Kier alpha value is -2.02. The third kappa shape index (κ3) is 3.87. The lowest BCUT2D eigenvalue weighted by molar-refractivity contribution is -0.113. The molecule has 2 aromatic carbocycles. The third-order valence-corrected chi connectivity index (χ3v) is 5.18. The molecular formula is C19H16ClNO3S2. The van der Waals surface area contributed by atoms with Gasteiger partial charge in [-0.05, 0) is 48.9 Å². The Morgan fingerprint density at radius 3 is 2.73 bits per heavy atom. The molecule has 0 N–H and O–H groups in total. The average molecular weight is 406 g/mol. The fraction of sp³-hybridized carbons (Fsp3) is 0.158. The molecule has 0 aliphatic carbocycles. The van der Waals surface area contributed by atoms with Crippen LogP contribution in [-0.2, 0) is 4.79 Å². The first-order chi connectivity index (χ1) is 12.5. The summed E-state index contributed by atoms with van der Waals surface area (Å²) in [7, 11) is 1.59. The van der Waals surface area contributed by atoms with Gasteiger partial charge >= 0.3 is 0 Å². The normalized spacial score (nSPS) is 15.7. The van der Waals surface area contributed by atoms with Crippen LogP contribution in [0, 0.1) is 0 Å². The minimum absolute atomic E-state index is 0.170. The number of halogens is 1.